The monoisotopic (exact) mass is 292 g/mol. The van der Waals surface area contributed by atoms with E-state index in [0.29, 0.717) is 6.61 Å². The fourth-order valence-corrected chi connectivity index (χ4v) is 2.29. The Bertz CT molecular complexity index is 386. The van der Waals surface area contributed by atoms with Crippen molar-refractivity contribution in [3.8, 4) is 5.75 Å². The minimum absolute atomic E-state index is 0.190. The lowest BCUT2D eigenvalue weighted by Crippen LogP contribution is -2.22. The number of ether oxygens (including phenoxy) is 3. The molecule has 0 heterocycles. The van der Waals surface area contributed by atoms with Gasteiger partial charge in [0.2, 0.25) is 0 Å². The fraction of sp³-hybridized carbons (Fsp3) is 0.556. The van der Waals surface area contributed by atoms with Crippen LogP contribution >= 0.6 is 0 Å². The number of rotatable bonds is 11. The first-order chi connectivity index (χ1) is 10.2. The number of hydrogen-bond donors (Lipinski definition) is 0. The molecule has 0 saturated carbocycles. The molecule has 0 fully saturated rings. The second-order valence-electron chi connectivity index (χ2n) is 5.19. The molecule has 1 rings (SSSR count). The van der Waals surface area contributed by atoms with Crippen molar-refractivity contribution in [3.63, 3.8) is 0 Å². The Labute approximate surface area is 128 Å². The lowest BCUT2D eigenvalue weighted by molar-refractivity contribution is -0.0122. The van der Waals surface area contributed by atoms with E-state index in [1.165, 1.54) is 0 Å². The Hall–Kier alpha value is -1.32. The van der Waals surface area contributed by atoms with Crippen molar-refractivity contribution < 1.29 is 14.2 Å². The van der Waals surface area contributed by atoms with E-state index in [4.69, 9.17) is 14.2 Å². The molecule has 0 aromatic heterocycles. The second kappa shape index (κ2) is 10.4. The van der Waals surface area contributed by atoms with E-state index in [9.17, 15) is 0 Å². The zero-order valence-electron chi connectivity index (χ0n) is 13.5. The van der Waals surface area contributed by atoms with E-state index in [-0.39, 0.29) is 12.2 Å². The van der Waals surface area contributed by atoms with Crippen LogP contribution < -0.4 is 4.74 Å². The molecule has 0 spiro atoms. The van der Waals surface area contributed by atoms with Crippen LogP contribution in [0.2, 0.25) is 0 Å². The lowest BCUT2D eigenvalue weighted by Gasteiger charge is -2.22. The maximum Gasteiger partial charge on any atom is 0.118 e. The van der Waals surface area contributed by atoms with Gasteiger partial charge in [-0.2, -0.15) is 0 Å². The van der Waals surface area contributed by atoms with Gasteiger partial charge in [0.25, 0.3) is 0 Å². The maximum atomic E-state index is 6.07. The molecule has 1 aromatic rings. The van der Waals surface area contributed by atoms with Gasteiger partial charge < -0.3 is 14.2 Å². The van der Waals surface area contributed by atoms with Crippen molar-refractivity contribution >= 4 is 0 Å². The molecule has 0 N–H and O–H groups in total. The minimum Gasteiger partial charge on any atom is -0.497 e. The summed E-state index contributed by atoms with van der Waals surface area (Å²) < 4.78 is 16.7. The predicted molar refractivity (Wildman–Crippen MR) is 86.7 cm³/mol. The first-order valence-corrected chi connectivity index (χ1v) is 7.61. The molecule has 0 bridgehead atoms. The molecule has 2 atom stereocenters. The van der Waals surface area contributed by atoms with E-state index in [1.807, 2.05) is 30.3 Å². The summed E-state index contributed by atoms with van der Waals surface area (Å²) in [5, 5.41) is 0. The van der Waals surface area contributed by atoms with Crippen molar-refractivity contribution in [2.24, 2.45) is 0 Å². The Morgan fingerprint density at radius 3 is 2.38 bits per heavy atom. The standard InChI is InChI=1S/C18H28O3/c1-5-7-17(20-4)13-18(8-6-2)21-14-15-9-11-16(19-3)12-10-15/h5,9-12,17-18H,1,6-8,13-14H2,2-4H3/t17-,18-/m0/s1. The largest absolute Gasteiger partial charge is 0.497 e. The maximum absolute atomic E-state index is 6.07. The van der Waals surface area contributed by atoms with Gasteiger partial charge in [0.05, 0.1) is 25.9 Å². The molecular weight excluding hydrogens is 264 g/mol. The molecular formula is C18H28O3. The van der Waals surface area contributed by atoms with Gasteiger partial charge in [-0.05, 0) is 30.5 Å². The van der Waals surface area contributed by atoms with Gasteiger partial charge in [-0.3, -0.25) is 0 Å². The van der Waals surface area contributed by atoms with E-state index >= 15 is 0 Å². The molecule has 0 aliphatic rings. The third-order valence-corrected chi connectivity index (χ3v) is 3.54. The van der Waals surface area contributed by atoms with Crippen molar-refractivity contribution in [1.82, 2.24) is 0 Å². The number of methoxy groups -OCH3 is 2. The van der Waals surface area contributed by atoms with Gasteiger partial charge in [-0.25, -0.2) is 0 Å². The van der Waals surface area contributed by atoms with Gasteiger partial charge >= 0.3 is 0 Å². The Morgan fingerprint density at radius 2 is 1.86 bits per heavy atom. The fourth-order valence-electron chi connectivity index (χ4n) is 2.29. The van der Waals surface area contributed by atoms with Gasteiger partial charge in [0.1, 0.15) is 5.75 Å². The van der Waals surface area contributed by atoms with Crippen LogP contribution in [0.5, 0.6) is 5.75 Å². The van der Waals surface area contributed by atoms with Crippen LogP contribution in [-0.2, 0) is 16.1 Å². The zero-order chi connectivity index (χ0) is 15.5. The number of benzene rings is 1. The van der Waals surface area contributed by atoms with Crippen molar-refractivity contribution in [2.75, 3.05) is 14.2 Å². The zero-order valence-corrected chi connectivity index (χ0v) is 13.5. The highest BCUT2D eigenvalue weighted by Crippen LogP contribution is 2.17. The topological polar surface area (TPSA) is 27.7 Å². The van der Waals surface area contributed by atoms with Crippen LogP contribution in [-0.4, -0.2) is 26.4 Å². The highest BCUT2D eigenvalue weighted by atomic mass is 16.5. The third-order valence-electron chi connectivity index (χ3n) is 3.54. The normalized spacial score (nSPS) is 13.7. The van der Waals surface area contributed by atoms with Gasteiger partial charge in [-0.15, -0.1) is 6.58 Å². The first-order valence-electron chi connectivity index (χ1n) is 7.61. The highest BCUT2D eigenvalue weighted by molar-refractivity contribution is 5.26. The number of hydrogen-bond acceptors (Lipinski definition) is 3. The molecule has 0 amide bonds. The molecule has 0 unspecified atom stereocenters. The molecule has 21 heavy (non-hydrogen) atoms. The van der Waals surface area contributed by atoms with Crippen LogP contribution in [0.15, 0.2) is 36.9 Å². The van der Waals surface area contributed by atoms with E-state index in [1.54, 1.807) is 14.2 Å². The van der Waals surface area contributed by atoms with E-state index in [2.05, 4.69) is 13.5 Å². The van der Waals surface area contributed by atoms with Crippen LogP contribution in [0.1, 0.15) is 38.2 Å². The van der Waals surface area contributed by atoms with E-state index in [0.717, 1.165) is 37.0 Å². The summed E-state index contributed by atoms with van der Waals surface area (Å²) in [6.07, 6.45) is 6.25. The Kier molecular flexibility index (Phi) is 8.79. The minimum atomic E-state index is 0.190. The Balaban J connectivity index is 2.50. The molecule has 0 aliphatic heterocycles. The summed E-state index contributed by atoms with van der Waals surface area (Å²) >= 11 is 0. The summed E-state index contributed by atoms with van der Waals surface area (Å²) in [7, 11) is 3.42. The van der Waals surface area contributed by atoms with Crippen molar-refractivity contribution in [2.45, 2.75) is 51.4 Å². The first kappa shape index (κ1) is 17.7. The summed E-state index contributed by atoms with van der Waals surface area (Å²) in [5.41, 5.74) is 1.16. The van der Waals surface area contributed by atoms with Gasteiger partial charge in [0.15, 0.2) is 0 Å². The third kappa shape index (κ3) is 6.78. The average Bonchev–Trinajstić information content (AvgIpc) is 2.52. The van der Waals surface area contributed by atoms with Crippen molar-refractivity contribution in [3.05, 3.63) is 42.5 Å². The summed E-state index contributed by atoms with van der Waals surface area (Å²) in [5.74, 6) is 0.870. The van der Waals surface area contributed by atoms with Crippen LogP contribution in [0.4, 0.5) is 0 Å². The highest BCUT2D eigenvalue weighted by Gasteiger charge is 2.15. The van der Waals surface area contributed by atoms with Crippen molar-refractivity contribution in [1.29, 1.82) is 0 Å². The smallest absolute Gasteiger partial charge is 0.118 e. The summed E-state index contributed by atoms with van der Waals surface area (Å²) in [4.78, 5) is 0. The van der Waals surface area contributed by atoms with E-state index < -0.39 is 0 Å². The molecule has 3 heteroatoms. The molecule has 3 nitrogen and oxygen atoms in total. The lowest BCUT2D eigenvalue weighted by atomic mass is 10.0. The van der Waals surface area contributed by atoms with Crippen LogP contribution in [0.3, 0.4) is 0 Å². The Morgan fingerprint density at radius 1 is 1.14 bits per heavy atom. The van der Waals surface area contributed by atoms with Gasteiger partial charge in [-0.1, -0.05) is 31.6 Å². The predicted octanol–water partition coefficient (Wildman–Crippen LogP) is 4.36. The quantitative estimate of drug-likeness (QED) is 0.567. The molecule has 0 aliphatic carbocycles. The molecule has 0 radical (unpaired) electrons. The SMILES string of the molecule is C=CC[C@@H](C[C@H](CCC)OCc1ccc(OC)cc1)OC. The summed E-state index contributed by atoms with van der Waals surface area (Å²) in [6.45, 7) is 6.58. The average molecular weight is 292 g/mol. The van der Waals surface area contributed by atoms with Gasteiger partial charge in [0, 0.05) is 13.5 Å². The molecule has 118 valence electrons. The molecule has 1 aromatic carbocycles. The second-order valence-corrected chi connectivity index (χ2v) is 5.19. The summed E-state index contributed by atoms with van der Waals surface area (Å²) in [6, 6.07) is 8.01. The van der Waals surface area contributed by atoms with Crippen LogP contribution in [0, 0.1) is 0 Å². The molecule has 0 saturated heterocycles. The van der Waals surface area contributed by atoms with Crippen LogP contribution in [0.25, 0.3) is 0 Å².